The average Bonchev–Trinajstić information content (AvgIpc) is 2.32. The topological polar surface area (TPSA) is 20.3 Å². The number of hydrogen-bond donors (Lipinski definition) is 0. The fourth-order valence-corrected chi connectivity index (χ4v) is 2.80. The molecule has 1 aromatic rings. The zero-order valence-electron chi connectivity index (χ0n) is 10.3. The van der Waals surface area contributed by atoms with Gasteiger partial charge in [0.25, 0.3) is 5.91 Å². The first-order chi connectivity index (χ1) is 8.09. The number of benzene rings is 1. The molecule has 0 bridgehead atoms. The van der Waals surface area contributed by atoms with E-state index in [9.17, 15) is 4.79 Å². The second kappa shape index (κ2) is 5.21. The van der Waals surface area contributed by atoms with Gasteiger partial charge < -0.3 is 4.90 Å². The summed E-state index contributed by atoms with van der Waals surface area (Å²) in [5, 5.41) is 0. The SMILES string of the molecule is Cc1ccccc1C(=O)N1CCC(C)C(Br)C1. The summed E-state index contributed by atoms with van der Waals surface area (Å²) in [6.45, 7) is 5.91. The van der Waals surface area contributed by atoms with E-state index in [0.29, 0.717) is 10.7 Å². The summed E-state index contributed by atoms with van der Waals surface area (Å²) in [6, 6.07) is 7.81. The van der Waals surface area contributed by atoms with Crippen LogP contribution in [-0.4, -0.2) is 28.7 Å². The minimum atomic E-state index is 0.166. The van der Waals surface area contributed by atoms with Crippen LogP contribution in [0.2, 0.25) is 0 Å². The van der Waals surface area contributed by atoms with Gasteiger partial charge in [-0.05, 0) is 30.9 Å². The molecule has 2 unspecified atom stereocenters. The van der Waals surface area contributed by atoms with Gasteiger partial charge in [0.15, 0.2) is 0 Å². The van der Waals surface area contributed by atoms with Crippen LogP contribution < -0.4 is 0 Å². The highest BCUT2D eigenvalue weighted by Crippen LogP contribution is 2.24. The quantitative estimate of drug-likeness (QED) is 0.729. The molecule has 1 aromatic carbocycles. The van der Waals surface area contributed by atoms with Crippen LogP contribution in [-0.2, 0) is 0 Å². The number of rotatable bonds is 1. The molecule has 17 heavy (non-hydrogen) atoms. The van der Waals surface area contributed by atoms with Crippen LogP contribution in [0.3, 0.4) is 0 Å². The summed E-state index contributed by atoms with van der Waals surface area (Å²) in [6.07, 6.45) is 1.08. The molecule has 1 aliphatic rings. The Morgan fingerprint density at radius 3 is 2.76 bits per heavy atom. The van der Waals surface area contributed by atoms with E-state index >= 15 is 0 Å². The molecule has 2 atom stereocenters. The first kappa shape index (κ1) is 12.6. The molecule has 2 nitrogen and oxygen atoms in total. The minimum Gasteiger partial charge on any atom is -0.337 e. The third-order valence-electron chi connectivity index (χ3n) is 3.53. The van der Waals surface area contributed by atoms with Crippen molar-refractivity contribution in [2.45, 2.75) is 25.1 Å². The number of halogens is 1. The zero-order chi connectivity index (χ0) is 12.4. The Balaban J connectivity index is 2.14. The molecule has 1 aliphatic heterocycles. The van der Waals surface area contributed by atoms with E-state index < -0.39 is 0 Å². The number of hydrogen-bond acceptors (Lipinski definition) is 1. The molecule has 0 aromatic heterocycles. The summed E-state index contributed by atoms with van der Waals surface area (Å²) in [4.78, 5) is 14.8. The fourth-order valence-electron chi connectivity index (χ4n) is 2.19. The van der Waals surface area contributed by atoms with Crippen molar-refractivity contribution in [2.24, 2.45) is 5.92 Å². The van der Waals surface area contributed by atoms with Gasteiger partial charge in [-0.1, -0.05) is 41.1 Å². The smallest absolute Gasteiger partial charge is 0.254 e. The van der Waals surface area contributed by atoms with Gasteiger partial charge in [-0.25, -0.2) is 0 Å². The summed E-state index contributed by atoms with van der Waals surface area (Å²) in [5.74, 6) is 0.815. The van der Waals surface area contributed by atoms with Crippen LogP contribution in [0.15, 0.2) is 24.3 Å². The van der Waals surface area contributed by atoms with Gasteiger partial charge in [-0.3, -0.25) is 4.79 Å². The highest BCUT2D eigenvalue weighted by atomic mass is 79.9. The van der Waals surface area contributed by atoms with Crippen LogP contribution in [0.25, 0.3) is 0 Å². The first-order valence-corrected chi connectivity index (χ1v) is 7.00. The van der Waals surface area contributed by atoms with Crippen LogP contribution in [0.1, 0.15) is 29.3 Å². The Morgan fingerprint density at radius 2 is 2.12 bits per heavy atom. The Kier molecular flexibility index (Phi) is 3.87. The second-order valence-electron chi connectivity index (χ2n) is 4.85. The number of amides is 1. The minimum absolute atomic E-state index is 0.166. The van der Waals surface area contributed by atoms with E-state index in [1.807, 2.05) is 36.1 Å². The van der Waals surface area contributed by atoms with Crippen molar-refractivity contribution in [3.05, 3.63) is 35.4 Å². The number of carbonyl (C=O) groups excluding carboxylic acids is 1. The molecular weight excluding hydrogens is 278 g/mol. The molecule has 2 rings (SSSR count). The van der Waals surface area contributed by atoms with Gasteiger partial charge in [0.2, 0.25) is 0 Å². The molecule has 0 radical (unpaired) electrons. The lowest BCUT2D eigenvalue weighted by molar-refractivity contribution is 0.0705. The number of carbonyl (C=O) groups is 1. The Hall–Kier alpha value is -0.830. The molecule has 92 valence electrons. The summed E-state index contributed by atoms with van der Waals surface area (Å²) in [7, 11) is 0. The van der Waals surface area contributed by atoms with E-state index in [1.165, 1.54) is 0 Å². The molecule has 1 fully saturated rings. The maximum atomic E-state index is 12.4. The van der Waals surface area contributed by atoms with Crippen molar-refractivity contribution >= 4 is 21.8 Å². The molecule has 1 amide bonds. The average molecular weight is 296 g/mol. The van der Waals surface area contributed by atoms with Gasteiger partial charge in [-0.2, -0.15) is 0 Å². The largest absolute Gasteiger partial charge is 0.337 e. The van der Waals surface area contributed by atoms with Gasteiger partial charge in [0.1, 0.15) is 0 Å². The predicted molar refractivity (Wildman–Crippen MR) is 73.6 cm³/mol. The van der Waals surface area contributed by atoms with Crippen molar-refractivity contribution in [2.75, 3.05) is 13.1 Å². The van der Waals surface area contributed by atoms with E-state index in [1.54, 1.807) is 0 Å². The van der Waals surface area contributed by atoms with Crippen molar-refractivity contribution in [3.8, 4) is 0 Å². The molecular formula is C14H18BrNO. The number of nitrogens with zero attached hydrogens (tertiary/aromatic N) is 1. The van der Waals surface area contributed by atoms with Crippen molar-refractivity contribution < 1.29 is 4.79 Å². The van der Waals surface area contributed by atoms with Crippen LogP contribution in [0, 0.1) is 12.8 Å². The Bertz CT molecular complexity index is 418. The molecule has 1 saturated heterocycles. The van der Waals surface area contributed by atoms with Crippen molar-refractivity contribution in [1.29, 1.82) is 0 Å². The monoisotopic (exact) mass is 295 g/mol. The van der Waals surface area contributed by atoms with Crippen LogP contribution in [0.4, 0.5) is 0 Å². The summed E-state index contributed by atoms with van der Waals surface area (Å²) in [5.41, 5.74) is 1.89. The fraction of sp³-hybridized carbons (Fsp3) is 0.500. The Morgan fingerprint density at radius 1 is 1.41 bits per heavy atom. The highest BCUT2D eigenvalue weighted by molar-refractivity contribution is 9.09. The molecule has 0 saturated carbocycles. The summed E-state index contributed by atoms with van der Waals surface area (Å²) < 4.78 is 0. The van der Waals surface area contributed by atoms with Gasteiger partial charge in [0, 0.05) is 23.5 Å². The van der Waals surface area contributed by atoms with Crippen molar-refractivity contribution in [3.63, 3.8) is 0 Å². The lowest BCUT2D eigenvalue weighted by atomic mass is 9.98. The Labute approximate surface area is 111 Å². The first-order valence-electron chi connectivity index (χ1n) is 6.08. The van der Waals surface area contributed by atoms with Gasteiger partial charge >= 0.3 is 0 Å². The number of likely N-dealkylation sites (tertiary alicyclic amines) is 1. The maximum Gasteiger partial charge on any atom is 0.254 e. The number of alkyl halides is 1. The van der Waals surface area contributed by atoms with E-state index in [4.69, 9.17) is 0 Å². The highest BCUT2D eigenvalue weighted by Gasteiger charge is 2.27. The zero-order valence-corrected chi connectivity index (χ0v) is 11.9. The van der Waals surface area contributed by atoms with E-state index in [2.05, 4.69) is 22.9 Å². The predicted octanol–water partition coefficient (Wildman–Crippen LogP) is 3.24. The van der Waals surface area contributed by atoms with Crippen molar-refractivity contribution in [1.82, 2.24) is 4.90 Å². The van der Waals surface area contributed by atoms with E-state index in [-0.39, 0.29) is 5.91 Å². The molecule has 3 heteroatoms. The third-order valence-corrected chi connectivity index (χ3v) is 4.72. The lowest BCUT2D eigenvalue weighted by Gasteiger charge is -2.34. The normalized spacial score (nSPS) is 24.8. The van der Waals surface area contributed by atoms with Crippen LogP contribution >= 0.6 is 15.9 Å². The molecule has 0 spiro atoms. The second-order valence-corrected chi connectivity index (χ2v) is 6.02. The van der Waals surface area contributed by atoms with Crippen LogP contribution in [0.5, 0.6) is 0 Å². The molecule has 1 heterocycles. The number of piperidine rings is 1. The number of aryl methyl sites for hydroxylation is 1. The standard InChI is InChI=1S/C14H18BrNO/c1-10-5-3-4-6-12(10)14(17)16-8-7-11(2)13(15)9-16/h3-6,11,13H,7-9H2,1-2H3. The lowest BCUT2D eigenvalue weighted by Crippen LogP contribution is -2.43. The van der Waals surface area contributed by atoms with Gasteiger partial charge in [0.05, 0.1) is 0 Å². The third kappa shape index (κ3) is 2.71. The molecule has 0 aliphatic carbocycles. The van der Waals surface area contributed by atoms with Gasteiger partial charge in [-0.15, -0.1) is 0 Å². The van der Waals surface area contributed by atoms with E-state index in [0.717, 1.165) is 30.6 Å². The maximum absolute atomic E-state index is 12.4. The summed E-state index contributed by atoms with van der Waals surface area (Å²) >= 11 is 3.66. The molecule has 0 N–H and O–H groups in total.